The van der Waals surface area contributed by atoms with Crippen molar-refractivity contribution in [1.29, 1.82) is 0 Å². The van der Waals surface area contributed by atoms with Crippen LogP contribution < -0.4 is 0 Å². The molecule has 0 aliphatic carbocycles. The summed E-state index contributed by atoms with van der Waals surface area (Å²) in [7, 11) is 0. The zero-order valence-corrected chi connectivity index (χ0v) is 14.1. The van der Waals surface area contributed by atoms with Crippen LogP contribution in [0.5, 0.6) is 5.75 Å². The van der Waals surface area contributed by atoms with Crippen molar-refractivity contribution in [2.75, 3.05) is 13.2 Å². The maximum absolute atomic E-state index is 10.6. The Morgan fingerprint density at radius 3 is 1.95 bits per heavy atom. The minimum atomic E-state index is -0.0975. The monoisotopic (exact) mass is 292 g/mol. The Morgan fingerprint density at radius 2 is 1.57 bits per heavy atom. The van der Waals surface area contributed by atoms with Crippen LogP contribution in [0.4, 0.5) is 0 Å². The number of hydrogen-bond acceptors (Lipinski definition) is 3. The Kier molecular flexibility index (Phi) is 4.36. The molecule has 0 spiro atoms. The molecule has 1 fully saturated rings. The van der Waals surface area contributed by atoms with Gasteiger partial charge in [-0.05, 0) is 39.7 Å². The predicted molar refractivity (Wildman–Crippen MR) is 84.9 cm³/mol. The molecule has 3 nitrogen and oxygen atoms in total. The highest BCUT2D eigenvalue weighted by Gasteiger charge is 2.27. The second kappa shape index (κ2) is 5.62. The first-order valence-electron chi connectivity index (χ1n) is 7.65. The molecule has 0 radical (unpaired) electrons. The van der Waals surface area contributed by atoms with E-state index in [0.717, 1.165) is 23.3 Å². The van der Waals surface area contributed by atoms with Crippen molar-refractivity contribution in [2.24, 2.45) is 0 Å². The van der Waals surface area contributed by atoms with Gasteiger partial charge in [-0.1, -0.05) is 41.5 Å². The van der Waals surface area contributed by atoms with Crippen molar-refractivity contribution in [3.05, 3.63) is 28.8 Å². The highest BCUT2D eigenvalue weighted by molar-refractivity contribution is 5.49. The molecule has 1 aromatic rings. The van der Waals surface area contributed by atoms with Crippen molar-refractivity contribution in [1.82, 2.24) is 0 Å². The molecule has 3 heteroatoms. The summed E-state index contributed by atoms with van der Waals surface area (Å²) in [6, 6.07) is 4.14. The van der Waals surface area contributed by atoms with E-state index in [2.05, 4.69) is 53.7 Å². The lowest BCUT2D eigenvalue weighted by molar-refractivity contribution is 0.104. The lowest BCUT2D eigenvalue weighted by Gasteiger charge is -2.28. The van der Waals surface area contributed by atoms with Gasteiger partial charge in [0, 0.05) is 0 Å². The van der Waals surface area contributed by atoms with E-state index in [-0.39, 0.29) is 16.9 Å². The quantitative estimate of drug-likeness (QED) is 0.856. The summed E-state index contributed by atoms with van der Waals surface area (Å²) in [6.45, 7) is 14.8. The average Bonchev–Trinajstić information content (AvgIpc) is 3.12. The fourth-order valence-corrected chi connectivity index (χ4v) is 2.39. The predicted octanol–water partition coefficient (Wildman–Crippen LogP) is 3.90. The summed E-state index contributed by atoms with van der Waals surface area (Å²) in [4.78, 5) is 0. The van der Waals surface area contributed by atoms with Crippen LogP contribution in [-0.2, 0) is 26.9 Å². The maximum atomic E-state index is 10.6. The molecule has 1 aromatic carbocycles. The topological polar surface area (TPSA) is 42.0 Å². The third kappa shape index (κ3) is 4.21. The number of hydrogen-bond donors (Lipinski definition) is 1. The second-order valence-corrected chi connectivity index (χ2v) is 8.01. The summed E-state index contributed by atoms with van der Waals surface area (Å²) in [6.07, 6.45) is 0.284. The van der Waals surface area contributed by atoms with Gasteiger partial charge in [-0.25, -0.2) is 0 Å². The Labute approximate surface area is 128 Å². The summed E-state index contributed by atoms with van der Waals surface area (Å²) >= 11 is 0. The van der Waals surface area contributed by atoms with Crippen molar-refractivity contribution >= 4 is 0 Å². The molecule has 1 aliphatic rings. The van der Waals surface area contributed by atoms with E-state index in [4.69, 9.17) is 9.47 Å². The highest BCUT2D eigenvalue weighted by atomic mass is 16.6. The van der Waals surface area contributed by atoms with E-state index < -0.39 is 0 Å². The Bertz CT molecular complexity index is 467. The summed E-state index contributed by atoms with van der Waals surface area (Å²) in [5.41, 5.74) is 2.88. The van der Waals surface area contributed by atoms with E-state index in [0.29, 0.717) is 19.0 Å². The molecule has 1 saturated heterocycles. The first-order valence-corrected chi connectivity index (χ1v) is 7.65. The highest BCUT2D eigenvalue weighted by Crippen LogP contribution is 2.39. The lowest BCUT2D eigenvalue weighted by atomic mass is 9.78. The number of phenols is 1. The number of benzene rings is 1. The maximum Gasteiger partial charge on any atom is 0.123 e. The van der Waals surface area contributed by atoms with E-state index in [1.807, 2.05) is 0 Å². The van der Waals surface area contributed by atoms with Crippen molar-refractivity contribution < 1.29 is 14.6 Å². The second-order valence-electron chi connectivity index (χ2n) is 8.01. The normalized spacial score (nSPS) is 18.9. The fraction of sp³-hybridized carbons (Fsp3) is 0.667. The number of phenolic OH excluding ortho intramolecular Hbond substituents is 1. The average molecular weight is 292 g/mol. The van der Waals surface area contributed by atoms with Gasteiger partial charge in [-0.3, -0.25) is 0 Å². The molecule has 0 amide bonds. The van der Waals surface area contributed by atoms with Crippen LogP contribution in [-0.4, -0.2) is 24.4 Å². The minimum absolute atomic E-state index is 0.0975. The summed E-state index contributed by atoms with van der Waals surface area (Å²) in [5.74, 6) is 0.421. The smallest absolute Gasteiger partial charge is 0.123 e. The van der Waals surface area contributed by atoms with Crippen LogP contribution >= 0.6 is 0 Å². The van der Waals surface area contributed by atoms with E-state index >= 15 is 0 Å². The Hall–Kier alpha value is -1.06. The lowest BCUT2D eigenvalue weighted by Crippen LogP contribution is -2.18. The van der Waals surface area contributed by atoms with Gasteiger partial charge in [-0.15, -0.1) is 0 Å². The molecule has 0 bridgehead atoms. The van der Waals surface area contributed by atoms with E-state index in [9.17, 15) is 5.11 Å². The van der Waals surface area contributed by atoms with Crippen LogP contribution in [0.15, 0.2) is 12.1 Å². The van der Waals surface area contributed by atoms with Gasteiger partial charge < -0.3 is 14.6 Å². The van der Waals surface area contributed by atoms with Gasteiger partial charge in [0.15, 0.2) is 0 Å². The van der Waals surface area contributed by atoms with E-state index in [1.165, 1.54) is 0 Å². The molecule has 1 heterocycles. The molecule has 1 unspecified atom stereocenters. The SMILES string of the molecule is CC(C)(C)c1cc(COCC2CO2)cc(C(C)(C)C)c1O. The van der Waals surface area contributed by atoms with Crippen LogP contribution in [0, 0.1) is 0 Å². The zero-order valence-electron chi connectivity index (χ0n) is 14.1. The number of ether oxygens (including phenoxy) is 2. The Balaban J connectivity index is 2.31. The molecular weight excluding hydrogens is 264 g/mol. The van der Waals surface area contributed by atoms with Gasteiger partial charge in [-0.2, -0.15) is 0 Å². The number of epoxide rings is 1. The first-order chi connectivity index (χ1) is 9.59. The fourth-order valence-electron chi connectivity index (χ4n) is 2.39. The molecule has 0 saturated carbocycles. The van der Waals surface area contributed by atoms with Crippen molar-refractivity contribution in [3.8, 4) is 5.75 Å². The molecule has 1 N–H and O–H groups in total. The Morgan fingerprint density at radius 1 is 1.10 bits per heavy atom. The molecule has 0 aromatic heterocycles. The molecular formula is C18H28O3. The van der Waals surface area contributed by atoms with Crippen molar-refractivity contribution in [2.45, 2.75) is 65.1 Å². The number of rotatable bonds is 4. The largest absolute Gasteiger partial charge is 0.507 e. The number of aromatic hydroxyl groups is 1. The standard InChI is InChI=1S/C18H28O3/c1-17(2,3)14-7-12(9-20-10-13-11-21-13)8-15(16(14)19)18(4,5)6/h7-8,13,19H,9-11H2,1-6H3. The molecule has 2 rings (SSSR count). The molecule has 1 aliphatic heterocycles. The summed E-state index contributed by atoms with van der Waals surface area (Å²) < 4.78 is 10.9. The third-order valence-electron chi connectivity index (χ3n) is 3.76. The van der Waals surface area contributed by atoms with Crippen LogP contribution in [0.3, 0.4) is 0 Å². The first kappa shape index (κ1) is 16.3. The molecule has 118 valence electrons. The van der Waals surface area contributed by atoms with Crippen molar-refractivity contribution in [3.63, 3.8) is 0 Å². The molecule has 1 atom stereocenters. The molecule has 21 heavy (non-hydrogen) atoms. The van der Waals surface area contributed by atoms with Gasteiger partial charge >= 0.3 is 0 Å². The zero-order chi connectivity index (χ0) is 15.8. The summed E-state index contributed by atoms with van der Waals surface area (Å²) in [5, 5.41) is 10.6. The minimum Gasteiger partial charge on any atom is -0.507 e. The van der Waals surface area contributed by atoms with Gasteiger partial charge in [0.2, 0.25) is 0 Å². The van der Waals surface area contributed by atoms with Gasteiger partial charge in [0.25, 0.3) is 0 Å². The van der Waals surface area contributed by atoms with Gasteiger partial charge in [0.1, 0.15) is 11.9 Å². The van der Waals surface area contributed by atoms with Crippen LogP contribution in [0.25, 0.3) is 0 Å². The van der Waals surface area contributed by atoms with Gasteiger partial charge in [0.05, 0.1) is 19.8 Å². The van der Waals surface area contributed by atoms with Crippen LogP contribution in [0.1, 0.15) is 58.2 Å². The van der Waals surface area contributed by atoms with Crippen LogP contribution in [0.2, 0.25) is 0 Å². The van der Waals surface area contributed by atoms with E-state index in [1.54, 1.807) is 0 Å². The third-order valence-corrected chi connectivity index (χ3v) is 3.76.